The van der Waals surface area contributed by atoms with Crippen LogP contribution < -0.4 is 16.2 Å². The minimum Gasteiger partial charge on any atom is -0.465 e. The molecular formula is C19H18BrN5O3. The minimum atomic E-state index is -0.619. The maximum absolute atomic E-state index is 12.3. The van der Waals surface area contributed by atoms with Crippen LogP contribution in [-0.2, 0) is 11.8 Å². The number of carbonyl (C=O) groups excluding carboxylic acids is 1. The topological polar surface area (TPSA) is 87.7 Å². The number of esters is 1. The Hall–Kier alpha value is -3.07. The van der Waals surface area contributed by atoms with E-state index in [9.17, 15) is 9.59 Å². The first kappa shape index (κ1) is 18.3. The van der Waals surface area contributed by atoms with Gasteiger partial charge in [0.05, 0.1) is 23.7 Å². The molecular weight excluding hydrogens is 426 g/mol. The number of pyridine rings is 1. The van der Waals surface area contributed by atoms with Gasteiger partial charge in [-0.05, 0) is 52.3 Å². The molecule has 1 aromatic heterocycles. The largest absolute Gasteiger partial charge is 0.465 e. The number of nitrogens with zero attached hydrogens (tertiary/aromatic N) is 3. The van der Waals surface area contributed by atoms with Crippen molar-refractivity contribution < 1.29 is 9.53 Å². The van der Waals surface area contributed by atoms with Crippen LogP contribution in [0.15, 0.2) is 63.1 Å². The van der Waals surface area contributed by atoms with Crippen LogP contribution in [0, 0.1) is 0 Å². The maximum atomic E-state index is 12.3. The van der Waals surface area contributed by atoms with E-state index in [1.807, 2.05) is 11.1 Å². The van der Waals surface area contributed by atoms with Crippen molar-refractivity contribution in [2.24, 2.45) is 12.0 Å². The second kappa shape index (κ2) is 6.83. The van der Waals surface area contributed by atoms with E-state index in [2.05, 4.69) is 26.6 Å². The minimum absolute atomic E-state index is 0.135. The van der Waals surface area contributed by atoms with E-state index in [1.165, 1.54) is 11.7 Å². The molecule has 144 valence electrons. The van der Waals surface area contributed by atoms with Crippen LogP contribution >= 0.6 is 15.9 Å². The molecule has 2 aliphatic heterocycles. The Morgan fingerprint density at radius 1 is 1.29 bits per heavy atom. The van der Waals surface area contributed by atoms with Gasteiger partial charge in [-0.1, -0.05) is 0 Å². The molecule has 0 radical (unpaired) electrons. The average molecular weight is 444 g/mol. The first-order valence-electron chi connectivity index (χ1n) is 8.55. The summed E-state index contributed by atoms with van der Waals surface area (Å²) in [7, 11) is 3.05. The predicted molar refractivity (Wildman–Crippen MR) is 111 cm³/mol. The van der Waals surface area contributed by atoms with E-state index in [0.29, 0.717) is 23.6 Å². The number of methoxy groups -OCH3 is 1. The number of rotatable bonds is 4. The molecule has 2 aliphatic rings. The Kier molecular flexibility index (Phi) is 4.46. The Bertz CT molecular complexity index is 1060. The number of anilines is 2. The number of halogens is 1. The van der Waals surface area contributed by atoms with E-state index >= 15 is 0 Å². The molecule has 1 unspecified atom stereocenters. The second-order valence-electron chi connectivity index (χ2n) is 6.54. The van der Waals surface area contributed by atoms with Crippen LogP contribution in [0.2, 0.25) is 0 Å². The summed E-state index contributed by atoms with van der Waals surface area (Å²) in [6, 6.07) is 10.5. The molecule has 3 heterocycles. The van der Waals surface area contributed by atoms with Crippen molar-refractivity contribution in [1.82, 2.24) is 9.47 Å². The highest BCUT2D eigenvalue weighted by molar-refractivity contribution is 9.12. The van der Waals surface area contributed by atoms with Gasteiger partial charge in [-0.15, -0.1) is 0 Å². The molecule has 0 spiro atoms. The molecule has 0 amide bonds. The smallest absolute Gasteiger partial charge is 0.337 e. The number of aromatic nitrogens is 1. The number of nitrogens with one attached hydrogen (secondary N) is 2. The second-order valence-corrected chi connectivity index (χ2v) is 7.39. The number of amidine groups is 1. The summed E-state index contributed by atoms with van der Waals surface area (Å²) in [6.07, 6.45) is 3.63. The highest BCUT2D eigenvalue weighted by Gasteiger charge is 2.53. The number of aliphatic imine (C=N–C) groups is 1. The van der Waals surface area contributed by atoms with Crippen molar-refractivity contribution in [2.75, 3.05) is 24.3 Å². The third-order valence-corrected chi connectivity index (χ3v) is 5.16. The van der Waals surface area contributed by atoms with E-state index < -0.39 is 5.79 Å². The van der Waals surface area contributed by atoms with Gasteiger partial charge in [0, 0.05) is 25.1 Å². The SMILES string of the molecule is COC(=O)c1ccc(NC23CN2C=C(Br)C(Nc2cccn(C)c2=O)=N3)cc1. The van der Waals surface area contributed by atoms with Gasteiger partial charge in [-0.2, -0.15) is 0 Å². The Morgan fingerprint density at radius 3 is 2.75 bits per heavy atom. The molecule has 1 fully saturated rings. The molecule has 2 aromatic rings. The normalized spacial score (nSPS) is 19.9. The van der Waals surface area contributed by atoms with Gasteiger partial charge in [0.2, 0.25) is 5.79 Å². The Morgan fingerprint density at radius 2 is 2.04 bits per heavy atom. The van der Waals surface area contributed by atoms with Crippen molar-refractivity contribution in [1.29, 1.82) is 0 Å². The summed E-state index contributed by atoms with van der Waals surface area (Å²) in [4.78, 5) is 30.6. The van der Waals surface area contributed by atoms with Gasteiger partial charge in [-0.25, -0.2) is 9.79 Å². The molecule has 1 atom stereocenters. The first-order valence-corrected chi connectivity index (χ1v) is 9.35. The zero-order valence-corrected chi connectivity index (χ0v) is 16.9. The van der Waals surface area contributed by atoms with Gasteiger partial charge in [-0.3, -0.25) is 4.79 Å². The van der Waals surface area contributed by atoms with Crippen LogP contribution in [0.1, 0.15) is 10.4 Å². The van der Waals surface area contributed by atoms with Gasteiger partial charge in [0.1, 0.15) is 11.5 Å². The van der Waals surface area contributed by atoms with Gasteiger partial charge in [0.15, 0.2) is 0 Å². The van der Waals surface area contributed by atoms with Crippen LogP contribution in [0.3, 0.4) is 0 Å². The lowest BCUT2D eigenvalue weighted by Gasteiger charge is -2.22. The number of carbonyl (C=O) groups is 1. The van der Waals surface area contributed by atoms with E-state index in [1.54, 1.807) is 49.6 Å². The van der Waals surface area contributed by atoms with E-state index in [0.717, 1.165) is 10.2 Å². The molecule has 0 saturated carbocycles. The van der Waals surface area contributed by atoms with Gasteiger partial charge < -0.3 is 24.8 Å². The van der Waals surface area contributed by atoms with Crippen molar-refractivity contribution in [3.8, 4) is 0 Å². The number of benzene rings is 1. The van der Waals surface area contributed by atoms with Crippen LogP contribution in [-0.4, -0.2) is 40.7 Å². The highest BCUT2D eigenvalue weighted by Crippen LogP contribution is 2.40. The number of fused-ring (bicyclic) bond motifs is 1. The van der Waals surface area contributed by atoms with Crippen molar-refractivity contribution in [3.63, 3.8) is 0 Å². The fraction of sp³-hybridized carbons (Fsp3) is 0.211. The molecule has 0 bridgehead atoms. The lowest BCUT2D eigenvalue weighted by atomic mass is 10.2. The molecule has 2 N–H and O–H groups in total. The molecule has 28 heavy (non-hydrogen) atoms. The van der Waals surface area contributed by atoms with Crippen LogP contribution in [0.25, 0.3) is 0 Å². The van der Waals surface area contributed by atoms with E-state index in [4.69, 9.17) is 9.73 Å². The third kappa shape index (κ3) is 3.29. The number of hydrogen-bond acceptors (Lipinski definition) is 7. The molecule has 8 nitrogen and oxygen atoms in total. The summed E-state index contributed by atoms with van der Waals surface area (Å²) < 4.78 is 6.98. The lowest BCUT2D eigenvalue weighted by molar-refractivity contribution is 0.0601. The molecule has 4 rings (SSSR count). The predicted octanol–water partition coefficient (Wildman–Crippen LogP) is 2.31. The Balaban J connectivity index is 1.56. The molecule has 1 saturated heterocycles. The Labute approximate surface area is 169 Å². The summed E-state index contributed by atoms with van der Waals surface area (Å²) >= 11 is 3.50. The highest BCUT2D eigenvalue weighted by atomic mass is 79.9. The van der Waals surface area contributed by atoms with Gasteiger partial charge >= 0.3 is 5.97 Å². The average Bonchev–Trinajstić information content (AvgIpc) is 3.37. The molecule has 1 aromatic carbocycles. The molecule has 0 aliphatic carbocycles. The lowest BCUT2D eigenvalue weighted by Crippen LogP contribution is -2.33. The van der Waals surface area contributed by atoms with Crippen molar-refractivity contribution in [3.05, 3.63) is 69.2 Å². The fourth-order valence-corrected chi connectivity index (χ4v) is 3.41. The molecule has 9 heteroatoms. The van der Waals surface area contributed by atoms with E-state index in [-0.39, 0.29) is 11.5 Å². The number of ether oxygens (including phenoxy) is 1. The summed E-state index contributed by atoms with van der Waals surface area (Å²) in [5.74, 6) is -0.432. The number of hydrogen-bond donors (Lipinski definition) is 2. The summed E-state index contributed by atoms with van der Waals surface area (Å²) in [5.41, 5.74) is 1.61. The summed E-state index contributed by atoms with van der Waals surface area (Å²) in [6.45, 7) is 0.679. The monoisotopic (exact) mass is 443 g/mol. The first-order chi connectivity index (χ1) is 13.4. The van der Waals surface area contributed by atoms with Crippen molar-refractivity contribution in [2.45, 2.75) is 5.79 Å². The zero-order valence-electron chi connectivity index (χ0n) is 15.3. The van der Waals surface area contributed by atoms with Crippen LogP contribution in [0.4, 0.5) is 11.4 Å². The quantitative estimate of drug-likeness (QED) is 0.556. The zero-order chi connectivity index (χ0) is 19.9. The maximum Gasteiger partial charge on any atom is 0.337 e. The summed E-state index contributed by atoms with van der Waals surface area (Å²) in [5, 5.41) is 6.49. The fourth-order valence-electron chi connectivity index (χ4n) is 2.98. The van der Waals surface area contributed by atoms with Crippen LogP contribution in [0.5, 0.6) is 0 Å². The van der Waals surface area contributed by atoms with Crippen molar-refractivity contribution >= 4 is 39.1 Å². The standard InChI is InChI=1S/C19H18BrN5O3/c1-24-9-3-4-15(17(24)26)21-16-14(20)10-25-11-19(25,23-16)22-13-7-5-12(6-8-13)18(27)28-2/h3-10,22H,11H2,1-2H3,(H,21,23). The van der Waals surface area contributed by atoms with Gasteiger partial charge in [0.25, 0.3) is 5.56 Å². The number of aryl methyl sites for hydroxylation is 1. The third-order valence-electron chi connectivity index (χ3n) is 4.58.